The maximum Gasteiger partial charge on any atom is 0.246 e. The summed E-state index contributed by atoms with van der Waals surface area (Å²) in [6.07, 6.45) is 3.60. The van der Waals surface area contributed by atoms with Crippen LogP contribution in [-0.2, 0) is 11.8 Å². The van der Waals surface area contributed by atoms with E-state index in [1.807, 2.05) is 18.1 Å². The van der Waals surface area contributed by atoms with Gasteiger partial charge in [-0.3, -0.25) is 19.4 Å². The molecule has 0 atom stereocenters. The fraction of sp³-hybridized carbons (Fsp3) is 0.722. The first-order valence-corrected chi connectivity index (χ1v) is 9.33. The number of hydrogen-bond donors (Lipinski definition) is 1. The van der Waals surface area contributed by atoms with E-state index in [0.29, 0.717) is 25.2 Å². The minimum absolute atomic E-state index is 0. The average Bonchev–Trinajstić information content (AvgIpc) is 3.00. The van der Waals surface area contributed by atoms with Gasteiger partial charge < -0.3 is 15.1 Å². The Kier molecular flexibility index (Phi) is 9.51. The lowest BCUT2D eigenvalue weighted by Gasteiger charge is -2.36. The SMILES string of the molecule is CN=C(NCCN(C(C)C)C(C)C)N1CCN(c2cnn(C)c2)C(=O)C1.I. The van der Waals surface area contributed by atoms with Crippen molar-refractivity contribution in [2.45, 2.75) is 39.8 Å². The van der Waals surface area contributed by atoms with Crippen molar-refractivity contribution in [1.29, 1.82) is 0 Å². The zero-order chi connectivity index (χ0) is 19.3. The van der Waals surface area contributed by atoms with E-state index in [0.717, 1.165) is 31.3 Å². The van der Waals surface area contributed by atoms with Crippen LogP contribution >= 0.6 is 24.0 Å². The fourth-order valence-electron chi connectivity index (χ4n) is 3.42. The molecule has 0 bridgehead atoms. The molecule has 1 aliphatic heterocycles. The van der Waals surface area contributed by atoms with E-state index in [2.05, 4.69) is 48.0 Å². The molecular weight excluding hydrogens is 457 g/mol. The van der Waals surface area contributed by atoms with Gasteiger partial charge in [-0.2, -0.15) is 5.10 Å². The van der Waals surface area contributed by atoms with Crippen LogP contribution in [0.5, 0.6) is 0 Å². The summed E-state index contributed by atoms with van der Waals surface area (Å²) >= 11 is 0. The van der Waals surface area contributed by atoms with Crippen molar-refractivity contribution >= 4 is 41.5 Å². The van der Waals surface area contributed by atoms with E-state index >= 15 is 0 Å². The quantitative estimate of drug-likeness (QED) is 0.370. The third kappa shape index (κ3) is 6.34. The lowest BCUT2D eigenvalue weighted by molar-refractivity contribution is -0.120. The van der Waals surface area contributed by atoms with Gasteiger partial charge in [-0.1, -0.05) is 0 Å². The first-order chi connectivity index (χ1) is 12.3. The maximum absolute atomic E-state index is 12.6. The molecule has 1 amide bonds. The predicted octanol–water partition coefficient (Wildman–Crippen LogP) is 1.38. The number of guanidine groups is 1. The molecule has 0 saturated carbocycles. The number of aliphatic imine (C=N–C) groups is 1. The molecular formula is C18H34IN7O. The van der Waals surface area contributed by atoms with Gasteiger partial charge in [-0.25, -0.2) is 0 Å². The predicted molar refractivity (Wildman–Crippen MR) is 121 cm³/mol. The van der Waals surface area contributed by atoms with Crippen LogP contribution in [0, 0.1) is 0 Å². The van der Waals surface area contributed by atoms with Gasteiger partial charge in [-0.05, 0) is 27.7 Å². The number of nitrogens with zero attached hydrogens (tertiary/aromatic N) is 6. The number of anilines is 1. The maximum atomic E-state index is 12.6. The molecule has 0 radical (unpaired) electrons. The Hall–Kier alpha value is -1.36. The van der Waals surface area contributed by atoms with Crippen LogP contribution < -0.4 is 10.2 Å². The number of hydrogen-bond acceptors (Lipinski definition) is 4. The standard InChI is InChI=1S/C18H33N7O.HI/c1-14(2)24(15(3)4)8-7-20-18(19-5)23-9-10-25(17(26)13-23)16-11-21-22(6)12-16;/h11-12,14-15H,7-10,13H2,1-6H3,(H,19,20);1H. The third-order valence-electron chi connectivity index (χ3n) is 4.71. The van der Waals surface area contributed by atoms with Gasteiger partial charge in [0.1, 0.15) is 6.54 Å². The van der Waals surface area contributed by atoms with E-state index in [1.54, 1.807) is 22.8 Å². The second kappa shape index (κ2) is 10.8. The fourth-order valence-corrected chi connectivity index (χ4v) is 3.42. The van der Waals surface area contributed by atoms with Gasteiger partial charge in [-0.15, -0.1) is 24.0 Å². The van der Waals surface area contributed by atoms with Crippen molar-refractivity contribution in [3.63, 3.8) is 0 Å². The van der Waals surface area contributed by atoms with Crippen LogP contribution in [-0.4, -0.2) is 83.3 Å². The molecule has 0 unspecified atom stereocenters. The normalized spacial score (nSPS) is 15.7. The van der Waals surface area contributed by atoms with E-state index in [-0.39, 0.29) is 29.9 Å². The highest BCUT2D eigenvalue weighted by molar-refractivity contribution is 14.0. The molecule has 0 spiro atoms. The lowest BCUT2D eigenvalue weighted by Crippen LogP contribution is -2.56. The molecule has 1 aliphatic rings. The van der Waals surface area contributed by atoms with Crippen LogP contribution in [0.25, 0.3) is 0 Å². The number of nitrogens with one attached hydrogen (secondary N) is 1. The Morgan fingerprint density at radius 1 is 1.30 bits per heavy atom. The van der Waals surface area contributed by atoms with Gasteiger partial charge in [0, 0.05) is 58.6 Å². The molecule has 1 aromatic heterocycles. The summed E-state index contributed by atoms with van der Waals surface area (Å²) in [4.78, 5) is 23.2. The molecule has 27 heavy (non-hydrogen) atoms. The molecule has 2 heterocycles. The number of halogens is 1. The van der Waals surface area contributed by atoms with Crippen LogP contribution in [0.2, 0.25) is 0 Å². The minimum Gasteiger partial charge on any atom is -0.355 e. The number of amides is 1. The summed E-state index contributed by atoms with van der Waals surface area (Å²) in [5, 5.41) is 7.56. The van der Waals surface area contributed by atoms with Gasteiger partial charge in [0.05, 0.1) is 11.9 Å². The molecule has 1 N–H and O–H groups in total. The summed E-state index contributed by atoms with van der Waals surface area (Å²) in [7, 11) is 3.62. The molecule has 9 heteroatoms. The number of aryl methyl sites for hydroxylation is 1. The summed E-state index contributed by atoms with van der Waals surface area (Å²) in [5.41, 5.74) is 0.851. The lowest BCUT2D eigenvalue weighted by atomic mass is 10.2. The molecule has 154 valence electrons. The molecule has 1 saturated heterocycles. The van der Waals surface area contributed by atoms with Gasteiger partial charge >= 0.3 is 0 Å². The highest BCUT2D eigenvalue weighted by Gasteiger charge is 2.27. The van der Waals surface area contributed by atoms with E-state index in [9.17, 15) is 4.79 Å². The van der Waals surface area contributed by atoms with E-state index < -0.39 is 0 Å². The highest BCUT2D eigenvalue weighted by atomic mass is 127. The summed E-state index contributed by atoms with van der Waals surface area (Å²) in [6.45, 7) is 12.3. The van der Waals surface area contributed by atoms with Crippen molar-refractivity contribution in [3.05, 3.63) is 12.4 Å². The highest BCUT2D eigenvalue weighted by Crippen LogP contribution is 2.16. The van der Waals surface area contributed by atoms with Crippen molar-refractivity contribution < 1.29 is 4.79 Å². The summed E-state index contributed by atoms with van der Waals surface area (Å²) in [5.74, 6) is 0.856. The van der Waals surface area contributed by atoms with Crippen molar-refractivity contribution in [3.8, 4) is 0 Å². The van der Waals surface area contributed by atoms with Crippen LogP contribution in [0.15, 0.2) is 17.4 Å². The Bertz CT molecular complexity index is 621. The van der Waals surface area contributed by atoms with Crippen LogP contribution in [0.4, 0.5) is 5.69 Å². The minimum atomic E-state index is 0. The second-order valence-corrected chi connectivity index (χ2v) is 7.24. The number of aromatic nitrogens is 2. The Labute approximate surface area is 180 Å². The number of carbonyl (C=O) groups is 1. The molecule has 0 aliphatic carbocycles. The summed E-state index contributed by atoms with van der Waals surface area (Å²) < 4.78 is 1.71. The van der Waals surface area contributed by atoms with Crippen LogP contribution in [0.1, 0.15) is 27.7 Å². The Balaban J connectivity index is 0.00000364. The van der Waals surface area contributed by atoms with E-state index in [4.69, 9.17) is 0 Å². The zero-order valence-corrected chi connectivity index (χ0v) is 19.7. The average molecular weight is 491 g/mol. The molecule has 1 aromatic rings. The largest absolute Gasteiger partial charge is 0.355 e. The molecule has 0 aromatic carbocycles. The second-order valence-electron chi connectivity index (χ2n) is 7.24. The van der Waals surface area contributed by atoms with E-state index in [1.165, 1.54) is 0 Å². The summed E-state index contributed by atoms with van der Waals surface area (Å²) in [6, 6.07) is 1.01. The van der Waals surface area contributed by atoms with Crippen molar-refractivity contribution in [2.75, 3.05) is 44.7 Å². The molecule has 1 fully saturated rings. The number of rotatable bonds is 6. The van der Waals surface area contributed by atoms with Crippen molar-refractivity contribution in [1.82, 2.24) is 24.9 Å². The Morgan fingerprint density at radius 2 is 1.96 bits per heavy atom. The first-order valence-electron chi connectivity index (χ1n) is 9.33. The topological polar surface area (TPSA) is 69.0 Å². The zero-order valence-electron chi connectivity index (χ0n) is 17.3. The number of carbonyl (C=O) groups excluding carboxylic acids is 1. The van der Waals surface area contributed by atoms with Gasteiger partial charge in [0.15, 0.2) is 5.96 Å². The van der Waals surface area contributed by atoms with Crippen molar-refractivity contribution in [2.24, 2.45) is 12.0 Å². The Morgan fingerprint density at radius 3 is 2.44 bits per heavy atom. The van der Waals surface area contributed by atoms with Gasteiger partial charge in [0.2, 0.25) is 5.91 Å². The third-order valence-corrected chi connectivity index (χ3v) is 4.71. The van der Waals surface area contributed by atoms with Crippen LogP contribution in [0.3, 0.4) is 0 Å². The molecule has 2 rings (SSSR count). The number of piperazine rings is 1. The smallest absolute Gasteiger partial charge is 0.246 e. The molecule has 8 nitrogen and oxygen atoms in total. The van der Waals surface area contributed by atoms with Gasteiger partial charge in [0.25, 0.3) is 0 Å². The monoisotopic (exact) mass is 491 g/mol. The first kappa shape index (κ1) is 23.7.